The minimum absolute atomic E-state index is 0.332. The summed E-state index contributed by atoms with van der Waals surface area (Å²) in [6, 6.07) is 4.56. The Morgan fingerprint density at radius 2 is 2.06 bits per heavy atom. The first kappa shape index (κ1) is 8.84. The van der Waals surface area contributed by atoms with Crippen molar-refractivity contribution < 1.29 is 14.3 Å². The van der Waals surface area contributed by atoms with Gasteiger partial charge >= 0.3 is 0 Å². The Morgan fingerprint density at radius 3 is 3.00 bits per heavy atom. The fourth-order valence-corrected chi connectivity index (χ4v) is 2.85. The highest BCUT2D eigenvalue weighted by atomic mass is 16.7. The van der Waals surface area contributed by atoms with Crippen LogP contribution >= 0.6 is 0 Å². The molecule has 84 valence electrons. The number of hydroxylamine groups is 1. The van der Waals surface area contributed by atoms with Crippen molar-refractivity contribution >= 4 is 0 Å². The number of rotatable bonds is 0. The molecule has 1 saturated heterocycles. The molecule has 4 heteroatoms. The lowest BCUT2D eigenvalue weighted by Gasteiger charge is -2.26. The van der Waals surface area contributed by atoms with E-state index < -0.39 is 0 Å². The van der Waals surface area contributed by atoms with E-state index in [4.69, 9.17) is 14.3 Å². The molecule has 0 aromatic heterocycles. The molecule has 2 atom stereocenters. The summed E-state index contributed by atoms with van der Waals surface area (Å²) in [5, 5.41) is 0. The minimum Gasteiger partial charge on any atom is -0.454 e. The highest BCUT2D eigenvalue weighted by Crippen LogP contribution is 2.43. The number of aryl methyl sites for hydroxylation is 1. The predicted octanol–water partition coefficient (Wildman–Crippen LogP) is 1.55. The average molecular weight is 219 g/mol. The van der Waals surface area contributed by atoms with Crippen molar-refractivity contribution in [3.05, 3.63) is 23.3 Å². The van der Waals surface area contributed by atoms with E-state index in [-0.39, 0.29) is 0 Å². The lowest BCUT2D eigenvalue weighted by Crippen LogP contribution is -2.23. The summed E-state index contributed by atoms with van der Waals surface area (Å²) < 4.78 is 10.8. The number of hydrogen-bond acceptors (Lipinski definition) is 4. The summed E-state index contributed by atoms with van der Waals surface area (Å²) >= 11 is 0. The Morgan fingerprint density at radius 1 is 1.19 bits per heavy atom. The Bertz CT molecular complexity index is 446. The van der Waals surface area contributed by atoms with Gasteiger partial charge in [0, 0.05) is 5.92 Å². The van der Waals surface area contributed by atoms with Crippen LogP contribution < -0.4 is 15.0 Å². The number of ether oxygens (including phenoxy) is 2. The monoisotopic (exact) mass is 219 g/mol. The molecule has 2 aliphatic heterocycles. The van der Waals surface area contributed by atoms with E-state index in [0.29, 0.717) is 18.8 Å². The molecule has 0 bridgehead atoms. The fraction of sp³-hybridized carbons (Fsp3) is 0.500. The maximum Gasteiger partial charge on any atom is 0.231 e. The van der Waals surface area contributed by atoms with Gasteiger partial charge in [-0.3, -0.25) is 0 Å². The lowest BCUT2D eigenvalue weighted by molar-refractivity contribution is 0.0863. The fourth-order valence-electron chi connectivity index (χ4n) is 2.85. The Kier molecular flexibility index (Phi) is 1.72. The van der Waals surface area contributed by atoms with Crippen LogP contribution in [-0.4, -0.2) is 13.4 Å². The Hall–Kier alpha value is -1.26. The molecule has 1 aromatic carbocycles. The van der Waals surface area contributed by atoms with E-state index in [0.717, 1.165) is 24.5 Å². The van der Waals surface area contributed by atoms with Gasteiger partial charge in [-0.1, -0.05) is 0 Å². The maximum absolute atomic E-state index is 5.42. The highest BCUT2D eigenvalue weighted by Gasteiger charge is 2.35. The molecule has 4 nitrogen and oxygen atoms in total. The van der Waals surface area contributed by atoms with Crippen molar-refractivity contribution in [2.75, 3.05) is 13.4 Å². The smallest absolute Gasteiger partial charge is 0.231 e. The van der Waals surface area contributed by atoms with Crippen LogP contribution in [0.4, 0.5) is 0 Å². The molecule has 0 radical (unpaired) electrons. The molecule has 16 heavy (non-hydrogen) atoms. The van der Waals surface area contributed by atoms with Crippen LogP contribution in [0.1, 0.15) is 23.6 Å². The summed E-state index contributed by atoms with van der Waals surface area (Å²) in [4.78, 5) is 5.35. The van der Waals surface area contributed by atoms with Gasteiger partial charge in [0.15, 0.2) is 11.5 Å². The van der Waals surface area contributed by atoms with Crippen LogP contribution in [0.3, 0.4) is 0 Å². The minimum atomic E-state index is 0.332. The number of hydrogen-bond donors (Lipinski definition) is 1. The molecule has 2 heterocycles. The SMILES string of the molecule is c1c2c(cc3c1OCO3)C1NOC[C@H]1CC2. The summed E-state index contributed by atoms with van der Waals surface area (Å²) in [5.74, 6) is 2.36. The topological polar surface area (TPSA) is 39.7 Å². The summed E-state index contributed by atoms with van der Waals surface area (Å²) in [6.45, 7) is 1.16. The van der Waals surface area contributed by atoms with Gasteiger partial charge in [0.05, 0.1) is 12.6 Å². The molecule has 0 saturated carbocycles. The summed E-state index contributed by atoms with van der Waals surface area (Å²) in [7, 11) is 0. The molecule has 4 rings (SSSR count). The van der Waals surface area contributed by atoms with Gasteiger partial charge in [0.2, 0.25) is 6.79 Å². The van der Waals surface area contributed by atoms with Crippen LogP contribution in [0.25, 0.3) is 0 Å². The van der Waals surface area contributed by atoms with E-state index >= 15 is 0 Å². The van der Waals surface area contributed by atoms with E-state index in [1.54, 1.807) is 0 Å². The number of nitrogens with one attached hydrogen (secondary N) is 1. The van der Waals surface area contributed by atoms with E-state index in [1.807, 2.05) is 0 Å². The predicted molar refractivity (Wildman–Crippen MR) is 56.2 cm³/mol. The average Bonchev–Trinajstić information content (AvgIpc) is 2.94. The lowest BCUT2D eigenvalue weighted by atomic mass is 9.81. The Balaban J connectivity index is 1.84. The molecule has 0 amide bonds. The van der Waals surface area contributed by atoms with Crippen LogP contribution in [0.5, 0.6) is 11.5 Å². The van der Waals surface area contributed by atoms with Gasteiger partial charge < -0.3 is 14.3 Å². The van der Waals surface area contributed by atoms with Crippen molar-refractivity contribution in [2.24, 2.45) is 5.92 Å². The largest absolute Gasteiger partial charge is 0.454 e. The first-order chi connectivity index (χ1) is 7.92. The second-order valence-corrected chi connectivity index (χ2v) is 4.61. The molecule has 1 N–H and O–H groups in total. The zero-order valence-corrected chi connectivity index (χ0v) is 8.86. The molecular weight excluding hydrogens is 206 g/mol. The van der Waals surface area contributed by atoms with Crippen LogP contribution in [0.15, 0.2) is 12.1 Å². The number of benzene rings is 1. The van der Waals surface area contributed by atoms with Crippen molar-refractivity contribution in [3.63, 3.8) is 0 Å². The van der Waals surface area contributed by atoms with E-state index in [1.165, 1.54) is 17.5 Å². The zero-order valence-electron chi connectivity index (χ0n) is 8.86. The summed E-state index contributed by atoms with van der Waals surface area (Å²) in [6.07, 6.45) is 2.29. The van der Waals surface area contributed by atoms with Gasteiger partial charge in [-0.25, -0.2) is 0 Å². The normalized spacial score (nSPS) is 30.0. The van der Waals surface area contributed by atoms with Crippen LogP contribution in [0.2, 0.25) is 0 Å². The van der Waals surface area contributed by atoms with Gasteiger partial charge in [-0.15, -0.1) is 0 Å². The first-order valence-electron chi connectivity index (χ1n) is 5.71. The maximum atomic E-state index is 5.42. The van der Waals surface area contributed by atoms with Crippen molar-refractivity contribution in [1.82, 2.24) is 5.48 Å². The Labute approximate surface area is 93.4 Å². The van der Waals surface area contributed by atoms with Gasteiger partial charge in [-0.2, -0.15) is 5.48 Å². The molecule has 3 aliphatic rings. The first-order valence-corrected chi connectivity index (χ1v) is 5.71. The third-order valence-corrected chi connectivity index (χ3v) is 3.73. The molecule has 1 aromatic rings. The quantitative estimate of drug-likeness (QED) is 0.718. The summed E-state index contributed by atoms with van der Waals surface area (Å²) in [5.41, 5.74) is 5.79. The second-order valence-electron chi connectivity index (χ2n) is 4.61. The molecule has 1 fully saturated rings. The van der Waals surface area contributed by atoms with Gasteiger partial charge in [0.25, 0.3) is 0 Å². The molecule has 1 unspecified atom stereocenters. The third-order valence-electron chi connectivity index (χ3n) is 3.73. The third kappa shape index (κ3) is 1.11. The number of fused-ring (bicyclic) bond motifs is 4. The van der Waals surface area contributed by atoms with Crippen LogP contribution in [0, 0.1) is 5.92 Å². The van der Waals surface area contributed by atoms with Crippen LogP contribution in [-0.2, 0) is 11.3 Å². The highest BCUT2D eigenvalue weighted by molar-refractivity contribution is 5.50. The zero-order chi connectivity index (χ0) is 10.5. The van der Waals surface area contributed by atoms with Gasteiger partial charge in [0.1, 0.15) is 0 Å². The molecule has 1 aliphatic carbocycles. The van der Waals surface area contributed by atoms with E-state index in [9.17, 15) is 0 Å². The van der Waals surface area contributed by atoms with Crippen molar-refractivity contribution in [2.45, 2.75) is 18.9 Å². The standard InChI is InChI=1S/C12H13NO3/c1-2-8-5-16-13-12(8)9-4-11-10(3-7(1)9)14-6-15-11/h3-4,8,12-13H,1-2,5-6H2/t8-,12?/m1/s1. The van der Waals surface area contributed by atoms with Gasteiger partial charge in [-0.05, 0) is 36.1 Å². The van der Waals surface area contributed by atoms with Crippen molar-refractivity contribution in [3.8, 4) is 11.5 Å². The van der Waals surface area contributed by atoms with E-state index in [2.05, 4.69) is 17.6 Å². The molecule has 0 spiro atoms. The van der Waals surface area contributed by atoms with Crippen molar-refractivity contribution in [1.29, 1.82) is 0 Å². The molecular formula is C12H13NO3. The second kappa shape index (κ2) is 3.12.